The first-order chi connectivity index (χ1) is 14.6. The molecular weight excluding hydrogens is 509 g/mol. The summed E-state index contributed by atoms with van der Waals surface area (Å²) in [4.78, 5) is 33.2. The highest BCUT2D eigenvalue weighted by Gasteiger charge is 2.30. The summed E-state index contributed by atoms with van der Waals surface area (Å²) >= 11 is 0. The standard InChI is InChI=1S/C22H33N5O3.HI/c1-3-24-22(25-10-9-17-6-4-7-18(16-17)20(28)23-2)27-13-11-26(12-14-27)21(29)19-8-5-15-30-19;/h4,6-7,16,19H,3,5,8-15H2,1-2H3,(H,23,28)(H,24,25);1H. The zero-order valence-corrected chi connectivity index (χ0v) is 20.8. The van der Waals surface area contributed by atoms with Crippen molar-refractivity contribution in [1.29, 1.82) is 0 Å². The molecule has 1 aromatic carbocycles. The van der Waals surface area contributed by atoms with Crippen LogP contribution in [0, 0.1) is 0 Å². The minimum atomic E-state index is -0.246. The number of guanidine groups is 1. The smallest absolute Gasteiger partial charge is 0.251 e. The molecule has 3 rings (SSSR count). The fourth-order valence-electron chi connectivity index (χ4n) is 3.84. The lowest BCUT2D eigenvalue weighted by Gasteiger charge is -2.37. The van der Waals surface area contributed by atoms with E-state index in [1.54, 1.807) is 7.05 Å². The van der Waals surface area contributed by atoms with E-state index in [1.165, 1.54) is 0 Å². The molecule has 2 heterocycles. The summed E-state index contributed by atoms with van der Waals surface area (Å²) in [6.45, 7) is 7.08. The van der Waals surface area contributed by atoms with Crippen molar-refractivity contribution < 1.29 is 14.3 Å². The van der Waals surface area contributed by atoms with Crippen molar-refractivity contribution in [2.45, 2.75) is 32.3 Å². The number of nitrogens with zero attached hydrogens (tertiary/aromatic N) is 3. The summed E-state index contributed by atoms with van der Waals surface area (Å²) in [5, 5.41) is 6.01. The highest BCUT2D eigenvalue weighted by Crippen LogP contribution is 2.16. The number of nitrogens with one attached hydrogen (secondary N) is 2. The van der Waals surface area contributed by atoms with E-state index in [4.69, 9.17) is 9.73 Å². The normalized spacial score (nSPS) is 19.0. The summed E-state index contributed by atoms with van der Waals surface area (Å²) in [5.74, 6) is 0.929. The summed E-state index contributed by atoms with van der Waals surface area (Å²) in [5.41, 5.74) is 1.75. The number of piperazine rings is 1. The molecule has 2 saturated heterocycles. The molecule has 0 radical (unpaired) electrons. The Kier molecular flexibility index (Phi) is 10.5. The Morgan fingerprint density at radius 1 is 1.19 bits per heavy atom. The fraction of sp³-hybridized carbons (Fsp3) is 0.591. The van der Waals surface area contributed by atoms with Crippen LogP contribution in [-0.2, 0) is 16.0 Å². The van der Waals surface area contributed by atoms with E-state index in [-0.39, 0.29) is 41.9 Å². The molecule has 2 aliphatic heterocycles. The Morgan fingerprint density at radius 3 is 2.58 bits per heavy atom. The predicted molar refractivity (Wildman–Crippen MR) is 132 cm³/mol. The zero-order valence-electron chi connectivity index (χ0n) is 18.4. The number of carbonyl (C=O) groups is 2. The number of benzene rings is 1. The van der Waals surface area contributed by atoms with Gasteiger partial charge in [0.2, 0.25) is 0 Å². The summed E-state index contributed by atoms with van der Waals surface area (Å²) in [7, 11) is 1.64. The van der Waals surface area contributed by atoms with Gasteiger partial charge in [0, 0.05) is 58.5 Å². The number of carbonyl (C=O) groups excluding carboxylic acids is 2. The Labute approximate surface area is 201 Å². The molecule has 9 heteroatoms. The van der Waals surface area contributed by atoms with Crippen molar-refractivity contribution in [3.05, 3.63) is 35.4 Å². The van der Waals surface area contributed by atoms with Gasteiger partial charge in [0.25, 0.3) is 11.8 Å². The molecule has 0 aliphatic carbocycles. The molecule has 0 aromatic heterocycles. The van der Waals surface area contributed by atoms with Gasteiger partial charge in [-0.05, 0) is 43.9 Å². The van der Waals surface area contributed by atoms with E-state index in [0.29, 0.717) is 31.8 Å². The van der Waals surface area contributed by atoms with Gasteiger partial charge in [0.05, 0.1) is 0 Å². The van der Waals surface area contributed by atoms with Gasteiger partial charge in [0.1, 0.15) is 6.10 Å². The lowest BCUT2D eigenvalue weighted by molar-refractivity contribution is -0.142. The molecule has 2 amide bonds. The maximum Gasteiger partial charge on any atom is 0.251 e. The highest BCUT2D eigenvalue weighted by atomic mass is 127. The van der Waals surface area contributed by atoms with Crippen molar-refractivity contribution in [3.63, 3.8) is 0 Å². The van der Waals surface area contributed by atoms with Crippen molar-refractivity contribution >= 4 is 41.8 Å². The van der Waals surface area contributed by atoms with Gasteiger partial charge in [-0.25, -0.2) is 0 Å². The van der Waals surface area contributed by atoms with Crippen LogP contribution in [0.25, 0.3) is 0 Å². The second-order valence-electron chi connectivity index (χ2n) is 7.58. The molecule has 8 nitrogen and oxygen atoms in total. The SMILES string of the molecule is CCNC(=NCCc1cccc(C(=O)NC)c1)N1CCN(C(=O)C2CCCO2)CC1.I. The first-order valence-corrected chi connectivity index (χ1v) is 10.9. The second kappa shape index (κ2) is 12.8. The van der Waals surface area contributed by atoms with Crippen LogP contribution in [0.4, 0.5) is 0 Å². The van der Waals surface area contributed by atoms with E-state index in [2.05, 4.69) is 22.5 Å². The Balaban J connectivity index is 0.00000341. The van der Waals surface area contributed by atoms with Crippen LogP contribution < -0.4 is 10.6 Å². The van der Waals surface area contributed by atoms with Crippen LogP contribution in [0.1, 0.15) is 35.7 Å². The van der Waals surface area contributed by atoms with Crippen molar-refractivity contribution in [2.24, 2.45) is 4.99 Å². The Bertz CT molecular complexity index is 759. The minimum Gasteiger partial charge on any atom is -0.368 e. The van der Waals surface area contributed by atoms with Crippen LogP contribution in [0.2, 0.25) is 0 Å². The van der Waals surface area contributed by atoms with Gasteiger partial charge in [-0.1, -0.05) is 12.1 Å². The lowest BCUT2D eigenvalue weighted by Crippen LogP contribution is -2.55. The average Bonchev–Trinajstić information content (AvgIpc) is 3.33. The minimum absolute atomic E-state index is 0. The van der Waals surface area contributed by atoms with Gasteiger partial charge in [-0.3, -0.25) is 14.6 Å². The predicted octanol–water partition coefficient (Wildman–Crippen LogP) is 1.50. The Hall–Kier alpha value is -1.88. The summed E-state index contributed by atoms with van der Waals surface area (Å²) in [6, 6.07) is 7.65. The Morgan fingerprint density at radius 2 is 1.94 bits per heavy atom. The largest absolute Gasteiger partial charge is 0.368 e. The third-order valence-corrected chi connectivity index (χ3v) is 5.51. The van der Waals surface area contributed by atoms with Crippen molar-refractivity contribution in [2.75, 3.05) is 52.9 Å². The number of amides is 2. The van der Waals surface area contributed by atoms with Gasteiger partial charge in [0.15, 0.2) is 5.96 Å². The van der Waals surface area contributed by atoms with E-state index < -0.39 is 0 Å². The number of rotatable bonds is 6. The maximum absolute atomic E-state index is 12.5. The van der Waals surface area contributed by atoms with Gasteiger partial charge >= 0.3 is 0 Å². The summed E-state index contributed by atoms with van der Waals surface area (Å²) < 4.78 is 5.54. The molecule has 0 saturated carbocycles. The molecule has 2 fully saturated rings. The van der Waals surface area contributed by atoms with Crippen LogP contribution in [0.5, 0.6) is 0 Å². The third-order valence-electron chi connectivity index (χ3n) is 5.51. The first kappa shape index (κ1) is 25.4. The van der Waals surface area contributed by atoms with Gasteiger partial charge in [-0.2, -0.15) is 0 Å². The molecule has 2 aliphatic rings. The van der Waals surface area contributed by atoms with Gasteiger partial charge in [-0.15, -0.1) is 24.0 Å². The van der Waals surface area contributed by atoms with Crippen molar-refractivity contribution in [3.8, 4) is 0 Å². The number of ether oxygens (including phenoxy) is 1. The number of halogens is 1. The average molecular weight is 543 g/mol. The molecule has 1 aromatic rings. The maximum atomic E-state index is 12.5. The molecule has 1 unspecified atom stereocenters. The molecule has 31 heavy (non-hydrogen) atoms. The second-order valence-corrected chi connectivity index (χ2v) is 7.58. The highest BCUT2D eigenvalue weighted by molar-refractivity contribution is 14.0. The van der Waals surface area contributed by atoms with Crippen LogP contribution in [0.15, 0.2) is 29.3 Å². The van der Waals surface area contributed by atoms with Gasteiger partial charge < -0.3 is 25.2 Å². The third kappa shape index (κ3) is 7.06. The number of aliphatic imine (C=N–C) groups is 1. The zero-order chi connectivity index (χ0) is 21.3. The molecule has 0 bridgehead atoms. The number of hydrogen-bond donors (Lipinski definition) is 2. The lowest BCUT2D eigenvalue weighted by atomic mass is 10.1. The monoisotopic (exact) mass is 543 g/mol. The fourth-order valence-corrected chi connectivity index (χ4v) is 3.84. The topological polar surface area (TPSA) is 86.3 Å². The quantitative estimate of drug-likeness (QED) is 0.323. The van der Waals surface area contributed by atoms with E-state index in [0.717, 1.165) is 50.4 Å². The molecule has 0 spiro atoms. The summed E-state index contributed by atoms with van der Waals surface area (Å²) in [6.07, 6.45) is 2.32. The molecule has 1 atom stereocenters. The van der Waals surface area contributed by atoms with Crippen LogP contribution in [0.3, 0.4) is 0 Å². The molecule has 2 N–H and O–H groups in total. The van der Waals surface area contributed by atoms with E-state index in [9.17, 15) is 9.59 Å². The first-order valence-electron chi connectivity index (χ1n) is 10.9. The van der Waals surface area contributed by atoms with Crippen LogP contribution >= 0.6 is 24.0 Å². The van der Waals surface area contributed by atoms with E-state index in [1.807, 2.05) is 29.2 Å². The number of hydrogen-bond acceptors (Lipinski definition) is 4. The van der Waals surface area contributed by atoms with Crippen LogP contribution in [-0.4, -0.2) is 86.6 Å². The van der Waals surface area contributed by atoms with E-state index >= 15 is 0 Å². The molecular formula is C22H34IN5O3. The molecule has 172 valence electrons. The van der Waals surface area contributed by atoms with Crippen molar-refractivity contribution in [1.82, 2.24) is 20.4 Å².